The summed E-state index contributed by atoms with van der Waals surface area (Å²) in [4.78, 5) is 11.0. The molecule has 134 valence electrons. The van der Waals surface area contributed by atoms with Gasteiger partial charge in [-0.3, -0.25) is 4.90 Å². The number of ether oxygens (including phenoxy) is 1. The van der Waals surface area contributed by atoms with Gasteiger partial charge in [-0.25, -0.2) is 4.98 Å². The van der Waals surface area contributed by atoms with Gasteiger partial charge in [0.25, 0.3) is 0 Å². The third-order valence-electron chi connectivity index (χ3n) is 4.90. The number of aromatic nitrogens is 1. The molecule has 0 aliphatic carbocycles. The van der Waals surface area contributed by atoms with Gasteiger partial charge in [0.2, 0.25) is 0 Å². The molecule has 0 bridgehead atoms. The Balaban J connectivity index is 1.65. The lowest BCUT2D eigenvalue weighted by Gasteiger charge is -2.41. The molecular weight excluding hydrogens is 308 g/mol. The van der Waals surface area contributed by atoms with E-state index in [4.69, 9.17) is 4.74 Å². The van der Waals surface area contributed by atoms with Crippen LogP contribution in [0.25, 0.3) is 0 Å². The molecular formula is C17H28N4O3. The number of nitrogens with zero attached hydrogens (tertiary/aromatic N) is 4. The van der Waals surface area contributed by atoms with Gasteiger partial charge in [-0.1, -0.05) is 6.07 Å². The summed E-state index contributed by atoms with van der Waals surface area (Å²) in [5.41, 5.74) is 0. The van der Waals surface area contributed by atoms with Gasteiger partial charge in [0.15, 0.2) is 0 Å². The summed E-state index contributed by atoms with van der Waals surface area (Å²) in [6, 6.07) is 5.88. The molecule has 2 saturated heterocycles. The van der Waals surface area contributed by atoms with Gasteiger partial charge in [0.1, 0.15) is 18.0 Å². The molecule has 24 heavy (non-hydrogen) atoms. The van der Waals surface area contributed by atoms with Crippen molar-refractivity contribution in [3.05, 3.63) is 24.4 Å². The van der Waals surface area contributed by atoms with E-state index in [2.05, 4.69) is 19.7 Å². The molecule has 0 amide bonds. The first-order valence-electron chi connectivity index (χ1n) is 8.59. The summed E-state index contributed by atoms with van der Waals surface area (Å²) in [5.74, 6) is 0.999. The van der Waals surface area contributed by atoms with E-state index in [1.54, 1.807) is 0 Å². The molecule has 0 saturated carbocycles. The molecule has 2 aliphatic heterocycles. The molecule has 0 spiro atoms. The molecule has 1 aromatic rings. The van der Waals surface area contributed by atoms with E-state index < -0.39 is 12.2 Å². The predicted molar refractivity (Wildman–Crippen MR) is 92.1 cm³/mol. The van der Waals surface area contributed by atoms with Crippen LogP contribution < -0.4 is 4.90 Å². The second-order valence-electron chi connectivity index (χ2n) is 6.85. The van der Waals surface area contributed by atoms with Gasteiger partial charge in [-0.2, -0.15) is 0 Å². The Bertz CT molecular complexity index is 508. The third kappa shape index (κ3) is 3.70. The smallest absolute Gasteiger partial charge is 0.128 e. The normalized spacial score (nSPS) is 31.8. The molecule has 3 rings (SSSR count). The Morgan fingerprint density at radius 3 is 2.54 bits per heavy atom. The molecule has 7 heteroatoms. The Hall–Kier alpha value is -1.25. The van der Waals surface area contributed by atoms with Crippen LogP contribution in [-0.4, -0.2) is 103 Å². The molecule has 3 heterocycles. The van der Waals surface area contributed by atoms with E-state index in [1.165, 1.54) is 0 Å². The number of pyridine rings is 1. The van der Waals surface area contributed by atoms with Crippen LogP contribution in [0.5, 0.6) is 0 Å². The van der Waals surface area contributed by atoms with Crippen molar-refractivity contribution in [3.63, 3.8) is 0 Å². The van der Waals surface area contributed by atoms with Crippen LogP contribution in [0, 0.1) is 0 Å². The summed E-state index contributed by atoms with van der Waals surface area (Å²) >= 11 is 0. The van der Waals surface area contributed by atoms with Crippen LogP contribution in [0.15, 0.2) is 24.4 Å². The minimum absolute atomic E-state index is 0.0737. The molecule has 0 radical (unpaired) electrons. The first kappa shape index (κ1) is 17.6. The van der Waals surface area contributed by atoms with Crippen LogP contribution in [0.4, 0.5) is 5.82 Å². The summed E-state index contributed by atoms with van der Waals surface area (Å²) < 4.78 is 5.90. The van der Waals surface area contributed by atoms with Crippen molar-refractivity contribution >= 4 is 5.82 Å². The zero-order valence-corrected chi connectivity index (χ0v) is 14.5. The highest BCUT2D eigenvalue weighted by Gasteiger charge is 2.46. The number of hydrogen-bond donors (Lipinski definition) is 2. The Labute approximate surface area is 143 Å². The van der Waals surface area contributed by atoms with Crippen molar-refractivity contribution in [1.29, 1.82) is 0 Å². The van der Waals surface area contributed by atoms with Crippen molar-refractivity contribution < 1.29 is 14.9 Å². The van der Waals surface area contributed by atoms with Gasteiger partial charge in [-0.15, -0.1) is 0 Å². The standard InChI is InChI=1S/C17H28N4O3/c1-19(2)11-13-16(17(23)14(12-22)24-13)21-9-7-20(8-10-21)15-5-3-4-6-18-15/h3-6,13-14,16-17,22-23H,7-12H2,1-2H3/t13-,14+,16+,17-/m1/s1. The maximum Gasteiger partial charge on any atom is 0.128 e. The Kier molecular flexibility index (Phi) is 5.68. The highest BCUT2D eigenvalue weighted by molar-refractivity contribution is 5.38. The molecule has 2 aliphatic rings. The molecule has 0 aromatic carbocycles. The van der Waals surface area contributed by atoms with Crippen molar-refractivity contribution in [2.45, 2.75) is 24.4 Å². The topological polar surface area (TPSA) is 72.3 Å². The number of likely N-dealkylation sites (N-methyl/N-ethyl adjacent to an activating group) is 1. The molecule has 2 N–H and O–H groups in total. The van der Waals surface area contributed by atoms with E-state index >= 15 is 0 Å². The zero-order valence-electron chi connectivity index (χ0n) is 14.5. The average Bonchev–Trinajstić information content (AvgIpc) is 2.90. The van der Waals surface area contributed by atoms with Crippen molar-refractivity contribution in [2.75, 3.05) is 58.3 Å². The largest absolute Gasteiger partial charge is 0.394 e. The lowest BCUT2D eigenvalue weighted by Crippen LogP contribution is -2.57. The van der Waals surface area contributed by atoms with Gasteiger partial charge < -0.3 is 24.7 Å². The van der Waals surface area contributed by atoms with Crippen LogP contribution in [0.1, 0.15) is 0 Å². The van der Waals surface area contributed by atoms with E-state index in [1.807, 2.05) is 38.5 Å². The van der Waals surface area contributed by atoms with Gasteiger partial charge >= 0.3 is 0 Å². The lowest BCUT2D eigenvalue weighted by molar-refractivity contribution is -0.0274. The summed E-state index contributed by atoms with van der Waals surface area (Å²) in [6.07, 6.45) is 0.582. The van der Waals surface area contributed by atoms with Crippen molar-refractivity contribution in [3.8, 4) is 0 Å². The number of piperazine rings is 1. The first-order chi connectivity index (χ1) is 11.6. The number of aliphatic hydroxyl groups is 2. The first-order valence-corrected chi connectivity index (χ1v) is 8.59. The number of anilines is 1. The molecule has 7 nitrogen and oxygen atoms in total. The molecule has 2 fully saturated rings. The minimum atomic E-state index is -0.652. The van der Waals surface area contributed by atoms with Gasteiger partial charge in [0.05, 0.1) is 18.8 Å². The number of rotatable bonds is 5. The monoisotopic (exact) mass is 336 g/mol. The fourth-order valence-corrected chi connectivity index (χ4v) is 3.73. The van der Waals surface area contributed by atoms with Crippen LogP contribution in [0.2, 0.25) is 0 Å². The van der Waals surface area contributed by atoms with E-state index in [0.717, 1.165) is 38.5 Å². The minimum Gasteiger partial charge on any atom is -0.394 e. The summed E-state index contributed by atoms with van der Waals surface area (Å²) in [5, 5.41) is 20.1. The van der Waals surface area contributed by atoms with E-state index in [-0.39, 0.29) is 18.8 Å². The summed E-state index contributed by atoms with van der Waals surface area (Å²) in [6.45, 7) is 4.04. The lowest BCUT2D eigenvalue weighted by atomic mass is 10.0. The van der Waals surface area contributed by atoms with Crippen LogP contribution in [-0.2, 0) is 4.74 Å². The van der Waals surface area contributed by atoms with Crippen molar-refractivity contribution in [1.82, 2.24) is 14.8 Å². The number of hydrogen-bond acceptors (Lipinski definition) is 7. The van der Waals surface area contributed by atoms with Crippen molar-refractivity contribution in [2.24, 2.45) is 0 Å². The molecule has 4 atom stereocenters. The number of aliphatic hydroxyl groups excluding tert-OH is 2. The molecule has 1 aromatic heterocycles. The Morgan fingerprint density at radius 1 is 1.21 bits per heavy atom. The quantitative estimate of drug-likeness (QED) is 0.733. The van der Waals surface area contributed by atoms with Crippen LogP contribution in [0.3, 0.4) is 0 Å². The maximum absolute atomic E-state index is 10.6. The van der Waals surface area contributed by atoms with E-state index in [9.17, 15) is 10.2 Å². The summed E-state index contributed by atoms with van der Waals surface area (Å²) in [7, 11) is 4.00. The van der Waals surface area contributed by atoms with Gasteiger partial charge in [-0.05, 0) is 26.2 Å². The second kappa shape index (κ2) is 7.76. The highest BCUT2D eigenvalue weighted by Crippen LogP contribution is 2.27. The van der Waals surface area contributed by atoms with E-state index in [0.29, 0.717) is 0 Å². The second-order valence-corrected chi connectivity index (χ2v) is 6.85. The predicted octanol–water partition coefficient (Wildman–Crippen LogP) is -0.746. The molecule has 0 unspecified atom stereocenters. The Morgan fingerprint density at radius 2 is 1.96 bits per heavy atom. The average molecular weight is 336 g/mol. The van der Waals surface area contributed by atoms with Crippen LogP contribution >= 0.6 is 0 Å². The fourth-order valence-electron chi connectivity index (χ4n) is 3.73. The highest BCUT2D eigenvalue weighted by atomic mass is 16.5. The third-order valence-corrected chi connectivity index (χ3v) is 4.90. The maximum atomic E-state index is 10.6. The SMILES string of the molecule is CN(C)C[C@H]1O[C@@H](CO)[C@@H](O)[C@H]1N1CCN(c2ccccn2)CC1. The zero-order chi connectivity index (χ0) is 17.1. The van der Waals surface area contributed by atoms with Gasteiger partial charge in [0, 0.05) is 38.9 Å². The fraction of sp³-hybridized carbons (Fsp3) is 0.706.